The minimum Gasteiger partial charge on any atom is -0.355 e. The first kappa shape index (κ1) is 22.6. The molecule has 1 N–H and O–H groups in total. The first-order valence-corrected chi connectivity index (χ1v) is 12.3. The van der Waals surface area contributed by atoms with Gasteiger partial charge in [-0.2, -0.15) is 0 Å². The number of hydrogen-bond donors (Lipinski definition) is 1. The Morgan fingerprint density at radius 1 is 1.12 bits per heavy atom. The Bertz CT molecular complexity index is 976. The number of nitrogens with zero attached hydrogens (tertiary/aromatic N) is 2. The molecule has 1 fully saturated rings. The number of rotatable bonds is 7. The van der Waals surface area contributed by atoms with E-state index in [1.807, 2.05) is 60.7 Å². The molecule has 2 amide bonds. The van der Waals surface area contributed by atoms with Gasteiger partial charge in [0.2, 0.25) is 5.91 Å². The van der Waals surface area contributed by atoms with Crippen molar-refractivity contribution < 1.29 is 9.59 Å². The van der Waals surface area contributed by atoms with E-state index in [1.165, 1.54) is 31.0 Å². The number of amides is 2. The first-order chi connectivity index (χ1) is 15.6. The van der Waals surface area contributed by atoms with Crippen LogP contribution in [-0.2, 0) is 9.59 Å². The lowest BCUT2D eigenvalue weighted by molar-refractivity contribution is -0.122. The number of likely N-dealkylation sites (tertiary alicyclic amines) is 1. The lowest BCUT2D eigenvalue weighted by Gasteiger charge is -2.33. The topological polar surface area (TPSA) is 52.7 Å². The van der Waals surface area contributed by atoms with Crippen LogP contribution < -0.4 is 10.2 Å². The highest BCUT2D eigenvalue weighted by Gasteiger charge is 2.30. The summed E-state index contributed by atoms with van der Waals surface area (Å²) in [6.07, 6.45) is 6.67. The number of para-hydroxylation sites is 1. The van der Waals surface area contributed by atoms with E-state index >= 15 is 0 Å². The number of hydrogen-bond acceptors (Lipinski definition) is 4. The van der Waals surface area contributed by atoms with Gasteiger partial charge >= 0.3 is 0 Å². The summed E-state index contributed by atoms with van der Waals surface area (Å²) in [7, 11) is 0. The predicted molar refractivity (Wildman–Crippen MR) is 132 cm³/mol. The number of carbonyl (C=O) groups excluding carboxylic acids is 2. The maximum atomic E-state index is 13.3. The minimum atomic E-state index is -0.130. The van der Waals surface area contributed by atoms with Crippen LogP contribution in [0.4, 0.5) is 5.69 Å². The van der Waals surface area contributed by atoms with Gasteiger partial charge in [-0.15, -0.1) is 0 Å². The fraction of sp³-hybridized carbons (Fsp3) is 0.385. The molecule has 2 aliphatic heterocycles. The molecule has 0 spiro atoms. The van der Waals surface area contributed by atoms with Crippen LogP contribution in [0.25, 0.3) is 6.08 Å². The summed E-state index contributed by atoms with van der Waals surface area (Å²) >= 11 is 1.46. The molecule has 6 heteroatoms. The summed E-state index contributed by atoms with van der Waals surface area (Å²) in [5.74, 6) is -0.249. The maximum Gasteiger partial charge on any atom is 0.265 e. The van der Waals surface area contributed by atoms with Crippen molar-refractivity contribution in [1.82, 2.24) is 10.2 Å². The van der Waals surface area contributed by atoms with Crippen LogP contribution in [0.1, 0.15) is 38.2 Å². The summed E-state index contributed by atoms with van der Waals surface area (Å²) < 4.78 is 0. The highest BCUT2D eigenvalue weighted by Crippen LogP contribution is 2.41. The number of anilines is 1. The third-order valence-corrected chi connectivity index (χ3v) is 7.19. The van der Waals surface area contributed by atoms with Gasteiger partial charge in [0.25, 0.3) is 5.91 Å². The SMILES string of the molecule is CC1CCCCN1CCCNC(=O)CN1C(=O)C(=Cc2ccccc2)Sc2ccccc21. The normalized spacial score (nSPS) is 20.3. The molecule has 32 heavy (non-hydrogen) atoms. The summed E-state index contributed by atoms with van der Waals surface area (Å²) in [6.45, 7) is 5.11. The van der Waals surface area contributed by atoms with Crippen molar-refractivity contribution in [3.8, 4) is 0 Å². The summed E-state index contributed by atoms with van der Waals surface area (Å²) in [6, 6.07) is 18.2. The number of thioether (sulfide) groups is 1. The highest BCUT2D eigenvalue weighted by molar-refractivity contribution is 8.04. The lowest BCUT2D eigenvalue weighted by atomic mass is 10.0. The number of piperidine rings is 1. The Labute approximate surface area is 194 Å². The maximum absolute atomic E-state index is 13.3. The Balaban J connectivity index is 1.38. The summed E-state index contributed by atoms with van der Waals surface area (Å²) in [5.41, 5.74) is 1.77. The van der Waals surface area contributed by atoms with Gasteiger partial charge in [0.15, 0.2) is 0 Å². The number of benzene rings is 2. The van der Waals surface area contributed by atoms with E-state index in [1.54, 1.807) is 4.90 Å². The number of carbonyl (C=O) groups is 2. The van der Waals surface area contributed by atoms with Gasteiger partial charge in [0, 0.05) is 24.0 Å². The second-order valence-corrected chi connectivity index (χ2v) is 9.55. The average Bonchev–Trinajstić information content (AvgIpc) is 2.81. The molecule has 0 aliphatic carbocycles. The third-order valence-electron chi connectivity index (χ3n) is 6.12. The van der Waals surface area contributed by atoms with Gasteiger partial charge in [-0.1, -0.05) is 60.6 Å². The van der Waals surface area contributed by atoms with Crippen molar-refractivity contribution in [1.29, 1.82) is 0 Å². The molecule has 5 nitrogen and oxygen atoms in total. The van der Waals surface area contributed by atoms with Crippen LogP contribution in [0.15, 0.2) is 64.4 Å². The van der Waals surface area contributed by atoms with Gasteiger partial charge in [0.05, 0.1) is 10.6 Å². The fourth-order valence-corrected chi connectivity index (χ4v) is 5.38. The zero-order valence-corrected chi connectivity index (χ0v) is 19.4. The minimum absolute atomic E-state index is 0.0304. The standard InChI is InChI=1S/C26H31N3O2S/c1-20-10-7-8-16-28(20)17-9-15-27-25(30)19-29-22-13-5-6-14-23(22)32-24(26(29)31)18-21-11-3-2-4-12-21/h2-6,11-14,18,20H,7-10,15-17,19H2,1H3,(H,27,30). The second-order valence-electron chi connectivity index (χ2n) is 8.46. The van der Waals surface area contributed by atoms with Crippen molar-refractivity contribution >= 4 is 35.3 Å². The van der Waals surface area contributed by atoms with Crippen LogP contribution in [-0.4, -0.2) is 48.9 Å². The lowest BCUT2D eigenvalue weighted by Crippen LogP contribution is -2.43. The van der Waals surface area contributed by atoms with Crippen molar-refractivity contribution in [2.45, 2.75) is 43.5 Å². The molecular formula is C26H31N3O2S. The van der Waals surface area contributed by atoms with E-state index in [9.17, 15) is 9.59 Å². The van der Waals surface area contributed by atoms with Gasteiger partial charge < -0.3 is 10.2 Å². The third kappa shape index (κ3) is 5.61. The molecule has 1 saturated heterocycles. The van der Waals surface area contributed by atoms with Crippen molar-refractivity contribution in [2.75, 3.05) is 31.1 Å². The Morgan fingerprint density at radius 2 is 1.91 bits per heavy atom. The molecule has 1 unspecified atom stereocenters. The molecule has 0 radical (unpaired) electrons. The molecular weight excluding hydrogens is 418 g/mol. The average molecular weight is 450 g/mol. The smallest absolute Gasteiger partial charge is 0.265 e. The Hall–Kier alpha value is -2.57. The van der Waals surface area contributed by atoms with Crippen molar-refractivity contribution in [3.05, 3.63) is 65.1 Å². The zero-order valence-electron chi connectivity index (χ0n) is 18.6. The van der Waals surface area contributed by atoms with Crippen molar-refractivity contribution in [2.24, 2.45) is 0 Å². The van der Waals surface area contributed by atoms with E-state index < -0.39 is 0 Å². The van der Waals surface area contributed by atoms with Crippen LogP contribution in [0.3, 0.4) is 0 Å². The van der Waals surface area contributed by atoms with E-state index in [4.69, 9.17) is 0 Å². The predicted octanol–water partition coefficient (Wildman–Crippen LogP) is 4.55. The first-order valence-electron chi connectivity index (χ1n) is 11.5. The molecule has 1 atom stereocenters. The molecule has 2 heterocycles. The molecule has 168 valence electrons. The number of fused-ring (bicyclic) bond motifs is 1. The van der Waals surface area contributed by atoms with E-state index in [0.29, 0.717) is 17.5 Å². The van der Waals surface area contributed by atoms with Gasteiger partial charge in [-0.3, -0.25) is 14.5 Å². The molecule has 2 aromatic carbocycles. The Kier molecular flexibility index (Phi) is 7.66. The van der Waals surface area contributed by atoms with Gasteiger partial charge in [-0.05, 0) is 56.5 Å². The Morgan fingerprint density at radius 3 is 2.72 bits per heavy atom. The van der Waals surface area contributed by atoms with E-state index in [-0.39, 0.29) is 18.4 Å². The summed E-state index contributed by atoms with van der Waals surface area (Å²) in [4.78, 5) is 31.7. The summed E-state index contributed by atoms with van der Waals surface area (Å²) in [5, 5.41) is 3.01. The van der Waals surface area contributed by atoms with E-state index in [2.05, 4.69) is 17.1 Å². The highest BCUT2D eigenvalue weighted by atomic mass is 32.2. The quantitative estimate of drug-likeness (QED) is 0.498. The van der Waals surface area contributed by atoms with Gasteiger partial charge in [0.1, 0.15) is 6.54 Å². The van der Waals surface area contributed by atoms with E-state index in [0.717, 1.165) is 35.7 Å². The number of nitrogens with one attached hydrogen (secondary N) is 1. The van der Waals surface area contributed by atoms with Crippen molar-refractivity contribution in [3.63, 3.8) is 0 Å². The van der Waals surface area contributed by atoms with Crippen LogP contribution in [0, 0.1) is 0 Å². The second kappa shape index (κ2) is 10.8. The molecule has 2 aliphatic rings. The monoisotopic (exact) mass is 449 g/mol. The fourth-order valence-electron chi connectivity index (χ4n) is 4.32. The molecule has 4 rings (SSSR count). The van der Waals surface area contributed by atoms with Gasteiger partial charge in [-0.25, -0.2) is 0 Å². The van der Waals surface area contributed by atoms with Crippen LogP contribution in [0.5, 0.6) is 0 Å². The van der Waals surface area contributed by atoms with Crippen LogP contribution >= 0.6 is 11.8 Å². The molecule has 0 aromatic heterocycles. The molecule has 0 saturated carbocycles. The molecule has 0 bridgehead atoms. The van der Waals surface area contributed by atoms with Crippen LogP contribution in [0.2, 0.25) is 0 Å². The largest absolute Gasteiger partial charge is 0.355 e. The zero-order chi connectivity index (χ0) is 22.3. The molecule has 2 aromatic rings.